The highest BCUT2D eigenvalue weighted by Crippen LogP contribution is 2.27. The minimum absolute atomic E-state index is 0.0444. The molecule has 0 saturated heterocycles. The van der Waals surface area contributed by atoms with E-state index in [1.807, 2.05) is 38.3 Å². The number of ether oxygens (including phenoxy) is 1. The van der Waals surface area contributed by atoms with Gasteiger partial charge in [0.2, 0.25) is 0 Å². The van der Waals surface area contributed by atoms with Gasteiger partial charge in [0.15, 0.2) is 0 Å². The number of pyridine rings is 1. The normalized spacial score (nSPS) is 12.0. The monoisotopic (exact) mass is 401 g/mol. The summed E-state index contributed by atoms with van der Waals surface area (Å²) < 4.78 is 5.73. The molecule has 0 bridgehead atoms. The molecule has 5 nitrogen and oxygen atoms in total. The van der Waals surface area contributed by atoms with Crippen LogP contribution in [0.15, 0.2) is 48.1 Å². The second-order valence-corrected chi connectivity index (χ2v) is 7.64. The van der Waals surface area contributed by atoms with Gasteiger partial charge in [0.25, 0.3) is 5.91 Å². The molecule has 1 amide bonds. The molecule has 1 unspecified atom stereocenters. The smallest absolute Gasteiger partial charge is 0.255 e. The largest absolute Gasteiger partial charge is 0.490 e. The first kappa shape index (κ1) is 19.3. The fourth-order valence-electron chi connectivity index (χ4n) is 2.51. The molecular weight excluding hydrogens is 382 g/mol. The maximum Gasteiger partial charge on any atom is 0.255 e. The Morgan fingerprint density at radius 3 is 2.63 bits per heavy atom. The van der Waals surface area contributed by atoms with Crippen molar-refractivity contribution in [2.45, 2.75) is 32.9 Å². The van der Waals surface area contributed by atoms with Crippen LogP contribution in [0.1, 0.15) is 42.2 Å². The number of carbonyl (C=O) groups excluding carboxylic acids is 1. The minimum atomic E-state index is -0.249. The maximum absolute atomic E-state index is 12.8. The Morgan fingerprint density at radius 1 is 1.19 bits per heavy atom. The van der Waals surface area contributed by atoms with E-state index in [1.54, 1.807) is 30.6 Å². The van der Waals surface area contributed by atoms with E-state index in [9.17, 15) is 4.79 Å². The third-order valence-corrected chi connectivity index (χ3v) is 5.03. The van der Waals surface area contributed by atoms with E-state index in [1.165, 1.54) is 11.3 Å². The molecule has 27 heavy (non-hydrogen) atoms. The third-order valence-electron chi connectivity index (χ3n) is 3.76. The lowest BCUT2D eigenvalue weighted by atomic mass is 10.1. The van der Waals surface area contributed by atoms with Gasteiger partial charge < -0.3 is 10.1 Å². The van der Waals surface area contributed by atoms with E-state index in [4.69, 9.17) is 16.3 Å². The summed E-state index contributed by atoms with van der Waals surface area (Å²) >= 11 is 7.58. The van der Waals surface area contributed by atoms with Crippen LogP contribution in [-0.2, 0) is 0 Å². The van der Waals surface area contributed by atoms with E-state index in [0.29, 0.717) is 16.3 Å². The second-order valence-electron chi connectivity index (χ2n) is 6.31. The number of benzene rings is 1. The van der Waals surface area contributed by atoms with Crippen LogP contribution in [0.25, 0.3) is 11.3 Å². The minimum Gasteiger partial charge on any atom is -0.490 e. The molecule has 0 spiro atoms. The highest BCUT2D eigenvalue weighted by Gasteiger charge is 2.19. The summed E-state index contributed by atoms with van der Waals surface area (Å²) in [6.45, 7) is 5.73. The zero-order chi connectivity index (χ0) is 19.4. The Morgan fingerprint density at radius 2 is 1.93 bits per heavy atom. The van der Waals surface area contributed by atoms with Gasteiger partial charge in [-0.3, -0.25) is 9.78 Å². The molecule has 1 aromatic carbocycles. The highest BCUT2D eigenvalue weighted by atomic mass is 35.5. The number of nitrogens with one attached hydrogen (secondary N) is 1. The Balaban J connectivity index is 1.77. The second kappa shape index (κ2) is 8.50. The van der Waals surface area contributed by atoms with Crippen molar-refractivity contribution in [3.63, 3.8) is 0 Å². The summed E-state index contributed by atoms with van der Waals surface area (Å²) in [5.41, 5.74) is 2.27. The zero-order valence-corrected chi connectivity index (χ0v) is 16.8. The fraction of sp³-hybridized carbons (Fsp3) is 0.250. The van der Waals surface area contributed by atoms with Gasteiger partial charge in [-0.25, -0.2) is 4.98 Å². The van der Waals surface area contributed by atoms with Gasteiger partial charge in [0.1, 0.15) is 10.8 Å². The van der Waals surface area contributed by atoms with Crippen molar-refractivity contribution in [2.24, 2.45) is 0 Å². The van der Waals surface area contributed by atoms with Crippen LogP contribution < -0.4 is 10.1 Å². The predicted molar refractivity (Wildman–Crippen MR) is 108 cm³/mol. The van der Waals surface area contributed by atoms with E-state index >= 15 is 0 Å². The first-order chi connectivity index (χ1) is 12.9. The van der Waals surface area contributed by atoms with Crippen molar-refractivity contribution >= 4 is 28.8 Å². The molecule has 0 aliphatic heterocycles. The number of hydrogen-bond donors (Lipinski definition) is 1. The van der Waals surface area contributed by atoms with Crippen LogP contribution in [0.3, 0.4) is 0 Å². The number of nitrogens with zero attached hydrogens (tertiary/aromatic N) is 2. The number of halogens is 1. The predicted octanol–water partition coefficient (Wildman–Crippen LogP) is 5.14. The lowest BCUT2D eigenvalue weighted by molar-refractivity contribution is 0.0934. The maximum atomic E-state index is 12.8. The topological polar surface area (TPSA) is 64.1 Å². The van der Waals surface area contributed by atoms with Crippen molar-refractivity contribution < 1.29 is 9.53 Å². The van der Waals surface area contributed by atoms with Gasteiger partial charge in [0.05, 0.1) is 23.4 Å². The van der Waals surface area contributed by atoms with Crippen LogP contribution in [0, 0.1) is 0 Å². The lowest BCUT2D eigenvalue weighted by Gasteiger charge is -2.16. The van der Waals surface area contributed by atoms with Crippen molar-refractivity contribution in [3.8, 4) is 17.0 Å². The van der Waals surface area contributed by atoms with E-state index in [0.717, 1.165) is 16.3 Å². The van der Waals surface area contributed by atoms with Crippen molar-refractivity contribution in [1.29, 1.82) is 0 Å². The summed E-state index contributed by atoms with van der Waals surface area (Å²) in [5, 5.41) is 6.26. The molecule has 3 aromatic rings. The first-order valence-electron chi connectivity index (χ1n) is 8.57. The molecule has 0 radical (unpaired) electrons. The highest BCUT2D eigenvalue weighted by molar-refractivity contribution is 7.10. The summed E-state index contributed by atoms with van der Waals surface area (Å²) in [5.74, 6) is 0.261. The molecule has 0 saturated carbocycles. The van der Waals surface area contributed by atoms with Gasteiger partial charge in [-0.1, -0.05) is 11.6 Å². The molecule has 2 aromatic heterocycles. The summed E-state index contributed by atoms with van der Waals surface area (Å²) in [7, 11) is 0. The Bertz CT molecular complexity index is 928. The number of aromatic nitrogens is 2. The number of hydrogen-bond acceptors (Lipinski definition) is 5. The molecule has 7 heteroatoms. The number of carbonyl (C=O) groups is 1. The Hall–Kier alpha value is -2.44. The molecule has 2 heterocycles. The average Bonchev–Trinajstić information content (AvgIpc) is 3.14. The SMILES string of the molecule is CC(C)Oc1ccc(Cl)cc1C(=O)NC(C)c1nc(-c2ccncc2)cs1. The van der Waals surface area contributed by atoms with Crippen LogP contribution >= 0.6 is 22.9 Å². The van der Waals surface area contributed by atoms with E-state index in [-0.39, 0.29) is 18.1 Å². The average molecular weight is 402 g/mol. The van der Waals surface area contributed by atoms with Crippen LogP contribution in [0.2, 0.25) is 5.02 Å². The summed E-state index contributed by atoms with van der Waals surface area (Å²) in [6.07, 6.45) is 3.42. The molecule has 140 valence electrons. The van der Waals surface area contributed by atoms with Gasteiger partial charge in [-0.05, 0) is 51.1 Å². The Labute approximate surface area is 167 Å². The van der Waals surface area contributed by atoms with Gasteiger partial charge in [-0.2, -0.15) is 0 Å². The fourth-order valence-corrected chi connectivity index (χ4v) is 3.52. The molecule has 1 N–H and O–H groups in total. The molecule has 0 aliphatic carbocycles. The quantitative estimate of drug-likeness (QED) is 0.621. The molecule has 3 rings (SSSR count). The molecular formula is C20H20ClN3O2S. The number of rotatable bonds is 6. The Kier molecular flexibility index (Phi) is 6.08. The first-order valence-corrected chi connectivity index (χ1v) is 9.82. The standard InChI is InChI=1S/C20H20ClN3O2S/c1-12(2)26-18-5-4-15(21)10-16(18)19(25)23-13(3)20-24-17(11-27-20)14-6-8-22-9-7-14/h4-13H,1-3H3,(H,23,25). The third kappa shape index (κ3) is 4.84. The lowest BCUT2D eigenvalue weighted by Crippen LogP contribution is -2.27. The van der Waals surface area contributed by atoms with E-state index < -0.39 is 0 Å². The van der Waals surface area contributed by atoms with Crippen molar-refractivity contribution in [2.75, 3.05) is 0 Å². The molecule has 0 fully saturated rings. The molecule has 0 aliphatic rings. The van der Waals surface area contributed by atoms with Gasteiger partial charge >= 0.3 is 0 Å². The van der Waals surface area contributed by atoms with Crippen molar-refractivity contribution in [3.05, 3.63) is 63.7 Å². The summed E-state index contributed by atoms with van der Waals surface area (Å²) in [6, 6.07) is 8.61. The summed E-state index contributed by atoms with van der Waals surface area (Å²) in [4.78, 5) is 21.4. The number of amides is 1. The van der Waals surface area contributed by atoms with Crippen LogP contribution in [-0.4, -0.2) is 22.0 Å². The molecule has 1 atom stereocenters. The van der Waals surface area contributed by atoms with Gasteiger partial charge in [0, 0.05) is 28.4 Å². The zero-order valence-electron chi connectivity index (χ0n) is 15.3. The number of thiazole rings is 1. The van der Waals surface area contributed by atoms with Crippen LogP contribution in [0.5, 0.6) is 5.75 Å². The van der Waals surface area contributed by atoms with Gasteiger partial charge in [-0.15, -0.1) is 11.3 Å². The van der Waals surface area contributed by atoms with Crippen molar-refractivity contribution in [1.82, 2.24) is 15.3 Å². The van der Waals surface area contributed by atoms with E-state index in [2.05, 4.69) is 15.3 Å². The van der Waals surface area contributed by atoms with Crippen LogP contribution in [0.4, 0.5) is 0 Å².